The second kappa shape index (κ2) is 7.61. The van der Waals surface area contributed by atoms with Crippen LogP contribution in [-0.4, -0.2) is 24.1 Å². The first-order chi connectivity index (χ1) is 15.1. The highest BCUT2D eigenvalue weighted by molar-refractivity contribution is 6.04. The van der Waals surface area contributed by atoms with Crippen molar-refractivity contribution >= 4 is 33.2 Å². The Morgan fingerprint density at radius 3 is 2.29 bits per heavy atom. The van der Waals surface area contributed by atoms with Crippen molar-refractivity contribution in [2.75, 3.05) is 0 Å². The Labute approximate surface area is 180 Å². The van der Waals surface area contributed by atoms with Gasteiger partial charge in [0.1, 0.15) is 16.7 Å². The van der Waals surface area contributed by atoms with E-state index in [-0.39, 0.29) is 11.6 Å². The maximum atomic E-state index is 13.6. The minimum atomic E-state index is -0.0371. The van der Waals surface area contributed by atoms with Crippen molar-refractivity contribution in [3.63, 3.8) is 0 Å². The van der Waals surface area contributed by atoms with Gasteiger partial charge in [-0.05, 0) is 44.4 Å². The molecule has 0 N–H and O–H groups in total. The minimum Gasteiger partial charge on any atom is -0.308 e. The van der Waals surface area contributed by atoms with Gasteiger partial charge in [0.15, 0.2) is 11.3 Å². The first-order valence-electron chi connectivity index (χ1n) is 10.8. The lowest BCUT2D eigenvalue weighted by molar-refractivity contribution is 0.496. The first kappa shape index (κ1) is 19.4. The molecule has 5 rings (SSSR count). The molecule has 0 aliphatic rings. The van der Waals surface area contributed by atoms with Crippen molar-refractivity contribution in [3.05, 3.63) is 76.3 Å². The third-order valence-electron chi connectivity index (χ3n) is 6.07. The van der Waals surface area contributed by atoms with Crippen molar-refractivity contribution in [2.45, 2.75) is 46.2 Å². The monoisotopic (exact) mass is 411 g/mol. The fraction of sp³-hybridized carbons (Fsp3) is 0.280. The standard InChI is InChI=1S/C25H25N5O/c1-4-16(2)30-17(3)26-23-21(25(30)31)22-24(28-20-13-9-8-12-19(20)27-22)29(23)15-14-18-10-6-5-7-11-18/h5-13,16H,4,14-15H2,1-3H3. The van der Waals surface area contributed by atoms with E-state index in [1.165, 1.54) is 5.56 Å². The van der Waals surface area contributed by atoms with E-state index in [0.717, 1.165) is 35.3 Å². The lowest BCUT2D eigenvalue weighted by Crippen LogP contribution is -2.26. The average Bonchev–Trinajstić information content (AvgIpc) is 3.08. The highest BCUT2D eigenvalue weighted by Gasteiger charge is 2.22. The predicted molar refractivity (Wildman–Crippen MR) is 124 cm³/mol. The van der Waals surface area contributed by atoms with Gasteiger partial charge in [-0.3, -0.25) is 9.36 Å². The fourth-order valence-electron chi connectivity index (χ4n) is 4.27. The van der Waals surface area contributed by atoms with Gasteiger partial charge in [0, 0.05) is 12.6 Å². The Morgan fingerprint density at radius 1 is 0.903 bits per heavy atom. The summed E-state index contributed by atoms with van der Waals surface area (Å²) < 4.78 is 3.85. The molecule has 0 saturated carbocycles. The third kappa shape index (κ3) is 3.19. The molecule has 0 spiro atoms. The van der Waals surface area contributed by atoms with Crippen LogP contribution in [0.3, 0.4) is 0 Å². The molecular formula is C25H25N5O. The molecule has 3 aromatic heterocycles. The molecular weight excluding hydrogens is 386 g/mol. The molecule has 0 bridgehead atoms. The summed E-state index contributed by atoms with van der Waals surface area (Å²) in [5.41, 5.74) is 4.82. The molecule has 31 heavy (non-hydrogen) atoms. The molecule has 3 heterocycles. The summed E-state index contributed by atoms with van der Waals surface area (Å²) >= 11 is 0. The van der Waals surface area contributed by atoms with Gasteiger partial charge in [-0.1, -0.05) is 49.4 Å². The van der Waals surface area contributed by atoms with Crippen molar-refractivity contribution in [2.24, 2.45) is 0 Å². The van der Waals surface area contributed by atoms with Crippen molar-refractivity contribution in [1.29, 1.82) is 0 Å². The molecule has 6 nitrogen and oxygen atoms in total. The van der Waals surface area contributed by atoms with Gasteiger partial charge >= 0.3 is 0 Å². The van der Waals surface area contributed by atoms with E-state index in [9.17, 15) is 4.79 Å². The number of aromatic nitrogens is 5. The molecule has 1 atom stereocenters. The van der Waals surface area contributed by atoms with Crippen LogP contribution in [-0.2, 0) is 13.0 Å². The lowest BCUT2D eigenvalue weighted by atomic mass is 10.1. The fourth-order valence-corrected chi connectivity index (χ4v) is 4.27. The zero-order valence-corrected chi connectivity index (χ0v) is 18.0. The SMILES string of the molecule is CCC(C)n1c(C)nc2c(c1=O)c1nc3ccccc3nc1n2CCc1ccccc1. The molecule has 5 aromatic rings. The van der Waals surface area contributed by atoms with E-state index >= 15 is 0 Å². The molecule has 0 radical (unpaired) electrons. The molecule has 0 aliphatic carbocycles. The highest BCUT2D eigenvalue weighted by Crippen LogP contribution is 2.26. The van der Waals surface area contributed by atoms with E-state index in [0.29, 0.717) is 23.1 Å². The number of hydrogen-bond acceptors (Lipinski definition) is 4. The number of fused-ring (bicyclic) bond motifs is 4. The zero-order chi connectivity index (χ0) is 21.5. The lowest BCUT2D eigenvalue weighted by Gasteiger charge is -2.16. The number of aryl methyl sites for hydroxylation is 3. The summed E-state index contributed by atoms with van der Waals surface area (Å²) in [4.78, 5) is 28.3. The molecule has 156 valence electrons. The predicted octanol–water partition coefficient (Wildman–Crippen LogP) is 4.82. The average molecular weight is 412 g/mol. The maximum Gasteiger partial charge on any atom is 0.265 e. The topological polar surface area (TPSA) is 65.6 Å². The molecule has 2 aromatic carbocycles. The van der Waals surface area contributed by atoms with Gasteiger partial charge in [-0.2, -0.15) is 0 Å². The quantitative estimate of drug-likeness (QED) is 0.416. The second-order valence-corrected chi connectivity index (χ2v) is 8.06. The van der Waals surface area contributed by atoms with Crippen LogP contribution in [0.5, 0.6) is 0 Å². The van der Waals surface area contributed by atoms with Crippen LogP contribution in [0.1, 0.15) is 37.7 Å². The largest absolute Gasteiger partial charge is 0.308 e. The number of nitrogens with zero attached hydrogens (tertiary/aromatic N) is 5. The van der Waals surface area contributed by atoms with E-state index in [4.69, 9.17) is 15.0 Å². The van der Waals surface area contributed by atoms with Crippen LogP contribution in [0.15, 0.2) is 59.4 Å². The molecule has 0 fully saturated rings. The van der Waals surface area contributed by atoms with Crippen LogP contribution >= 0.6 is 0 Å². The number of hydrogen-bond donors (Lipinski definition) is 0. The molecule has 0 saturated heterocycles. The van der Waals surface area contributed by atoms with Crippen LogP contribution in [0.4, 0.5) is 0 Å². The summed E-state index contributed by atoms with van der Waals surface area (Å²) in [6.07, 6.45) is 1.68. The van der Waals surface area contributed by atoms with Gasteiger partial charge in [-0.15, -0.1) is 0 Å². The normalized spacial score (nSPS) is 12.7. The molecule has 6 heteroatoms. The van der Waals surface area contributed by atoms with E-state index in [2.05, 4.69) is 30.5 Å². The summed E-state index contributed by atoms with van der Waals surface area (Å²) in [6.45, 7) is 6.72. The van der Waals surface area contributed by atoms with E-state index in [1.54, 1.807) is 4.57 Å². The summed E-state index contributed by atoms with van der Waals surface area (Å²) in [6, 6.07) is 18.2. The van der Waals surface area contributed by atoms with Gasteiger partial charge in [0.05, 0.1) is 11.0 Å². The van der Waals surface area contributed by atoms with Gasteiger partial charge < -0.3 is 4.57 Å². The zero-order valence-electron chi connectivity index (χ0n) is 18.0. The van der Waals surface area contributed by atoms with Crippen molar-refractivity contribution < 1.29 is 0 Å². The van der Waals surface area contributed by atoms with Crippen LogP contribution in [0.25, 0.3) is 33.2 Å². The van der Waals surface area contributed by atoms with Crippen LogP contribution in [0.2, 0.25) is 0 Å². The summed E-state index contributed by atoms with van der Waals surface area (Å²) in [5, 5.41) is 0.562. The summed E-state index contributed by atoms with van der Waals surface area (Å²) in [7, 11) is 0. The summed E-state index contributed by atoms with van der Waals surface area (Å²) in [5.74, 6) is 0.722. The third-order valence-corrected chi connectivity index (χ3v) is 6.07. The van der Waals surface area contributed by atoms with Gasteiger partial charge in [0.25, 0.3) is 5.56 Å². The first-order valence-corrected chi connectivity index (χ1v) is 10.8. The second-order valence-electron chi connectivity index (χ2n) is 8.06. The Morgan fingerprint density at radius 2 is 1.58 bits per heavy atom. The highest BCUT2D eigenvalue weighted by atomic mass is 16.1. The Hall–Kier alpha value is -3.54. The Kier molecular flexibility index (Phi) is 4.77. The smallest absolute Gasteiger partial charge is 0.265 e. The Balaban J connectivity index is 1.82. The molecule has 1 unspecified atom stereocenters. The number of para-hydroxylation sites is 2. The molecule has 0 aliphatic heterocycles. The Bertz CT molecular complexity index is 1470. The van der Waals surface area contributed by atoms with Crippen molar-refractivity contribution in [1.82, 2.24) is 24.1 Å². The van der Waals surface area contributed by atoms with Crippen LogP contribution < -0.4 is 5.56 Å². The van der Waals surface area contributed by atoms with Crippen molar-refractivity contribution in [3.8, 4) is 0 Å². The van der Waals surface area contributed by atoms with Gasteiger partial charge in [-0.25, -0.2) is 15.0 Å². The van der Waals surface area contributed by atoms with Crippen LogP contribution in [0, 0.1) is 6.92 Å². The van der Waals surface area contributed by atoms with E-state index in [1.807, 2.05) is 49.4 Å². The number of rotatable bonds is 5. The van der Waals surface area contributed by atoms with E-state index < -0.39 is 0 Å². The maximum absolute atomic E-state index is 13.6. The minimum absolute atomic E-state index is 0.0371. The molecule has 0 amide bonds. The number of benzene rings is 2. The van der Waals surface area contributed by atoms with Gasteiger partial charge in [0.2, 0.25) is 0 Å².